The second-order valence-electron chi connectivity index (χ2n) is 4.84. The van der Waals surface area contributed by atoms with Crippen molar-refractivity contribution in [3.05, 3.63) is 23.5 Å². The van der Waals surface area contributed by atoms with Gasteiger partial charge in [0.25, 0.3) is 0 Å². The summed E-state index contributed by atoms with van der Waals surface area (Å²) in [6.07, 6.45) is 0.126. The zero-order valence-corrected chi connectivity index (χ0v) is 11.8. The summed E-state index contributed by atoms with van der Waals surface area (Å²) in [5.41, 5.74) is 7.00. The smallest absolute Gasteiger partial charge is 0.185 e. The van der Waals surface area contributed by atoms with Crippen LogP contribution in [0.4, 0.5) is 10.1 Å². The van der Waals surface area contributed by atoms with Crippen molar-refractivity contribution in [1.82, 2.24) is 20.2 Å². The van der Waals surface area contributed by atoms with Crippen molar-refractivity contribution in [2.45, 2.75) is 33.4 Å². The fraction of sp³-hybridized carbons (Fsp3) is 0.462. The number of halogens is 1. The normalized spacial score (nSPS) is 11.2. The quantitative estimate of drug-likeness (QED) is 0.844. The van der Waals surface area contributed by atoms with E-state index in [0.29, 0.717) is 35.8 Å². The van der Waals surface area contributed by atoms with Crippen LogP contribution >= 0.6 is 0 Å². The van der Waals surface area contributed by atoms with E-state index in [-0.39, 0.29) is 11.9 Å². The SMILES string of the molecule is Cc1cc(N)cc(-c2nnnn2CCOC(C)C)c1F. The summed E-state index contributed by atoms with van der Waals surface area (Å²) in [4.78, 5) is 0. The second-order valence-corrected chi connectivity index (χ2v) is 4.84. The highest BCUT2D eigenvalue weighted by molar-refractivity contribution is 5.63. The number of aromatic nitrogens is 4. The first-order valence-electron chi connectivity index (χ1n) is 6.42. The Morgan fingerprint density at radius 3 is 2.85 bits per heavy atom. The molecule has 1 aromatic carbocycles. The molecule has 0 saturated heterocycles. The van der Waals surface area contributed by atoms with Gasteiger partial charge in [-0.2, -0.15) is 0 Å². The van der Waals surface area contributed by atoms with Crippen LogP contribution in [0.15, 0.2) is 12.1 Å². The molecule has 0 amide bonds. The molecule has 0 spiro atoms. The molecule has 108 valence electrons. The van der Waals surface area contributed by atoms with Gasteiger partial charge in [-0.05, 0) is 48.9 Å². The van der Waals surface area contributed by atoms with E-state index in [2.05, 4.69) is 15.5 Å². The van der Waals surface area contributed by atoms with E-state index in [1.54, 1.807) is 13.0 Å². The molecule has 1 heterocycles. The number of benzene rings is 1. The average Bonchev–Trinajstić information content (AvgIpc) is 2.81. The highest BCUT2D eigenvalue weighted by Crippen LogP contribution is 2.25. The number of tetrazole rings is 1. The van der Waals surface area contributed by atoms with E-state index >= 15 is 0 Å². The predicted molar refractivity (Wildman–Crippen MR) is 73.4 cm³/mol. The molecule has 7 heteroatoms. The number of rotatable bonds is 5. The highest BCUT2D eigenvalue weighted by atomic mass is 19.1. The molecule has 0 fully saturated rings. The maximum absolute atomic E-state index is 14.2. The van der Waals surface area contributed by atoms with Crippen molar-refractivity contribution < 1.29 is 9.13 Å². The third kappa shape index (κ3) is 3.11. The minimum absolute atomic E-state index is 0.126. The van der Waals surface area contributed by atoms with Crippen molar-refractivity contribution in [2.24, 2.45) is 0 Å². The summed E-state index contributed by atoms with van der Waals surface area (Å²) >= 11 is 0. The van der Waals surface area contributed by atoms with E-state index < -0.39 is 0 Å². The lowest BCUT2D eigenvalue weighted by molar-refractivity contribution is 0.0709. The van der Waals surface area contributed by atoms with E-state index in [1.165, 1.54) is 10.7 Å². The number of nitrogens with two attached hydrogens (primary N) is 1. The van der Waals surface area contributed by atoms with Crippen molar-refractivity contribution in [3.8, 4) is 11.4 Å². The fourth-order valence-corrected chi connectivity index (χ4v) is 1.88. The number of hydrogen-bond acceptors (Lipinski definition) is 5. The first-order valence-corrected chi connectivity index (χ1v) is 6.42. The molecule has 0 aliphatic heterocycles. The molecule has 6 nitrogen and oxygen atoms in total. The lowest BCUT2D eigenvalue weighted by Gasteiger charge is -2.10. The zero-order valence-electron chi connectivity index (χ0n) is 11.8. The maximum Gasteiger partial charge on any atom is 0.185 e. The average molecular weight is 279 g/mol. The minimum Gasteiger partial charge on any atom is -0.399 e. The second kappa shape index (κ2) is 5.96. The third-order valence-electron chi connectivity index (χ3n) is 2.80. The van der Waals surface area contributed by atoms with Gasteiger partial charge in [0.15, 0.2) is 5.82 Å². The third-order valence-corrected chi connectivity index (χ3v) is 2.80. The van der Waals surface area contributed by atoms with Crippen LogP contribution in [0.5, 0.6) is 0 Å². The summed E-state index contributed by atoms with van der Waals surface area (Å²) in [6, 6.07) is 3.11. The number of nitrogens with zero attached hydrogens (tertiary/aromatic N) is 4. The monoisotopic (exact) mass is 279 g/mol. The number of aryl methyl sites for hydroxylation is 1. The van der Waals surface area contributed by atoms with Gasteiger partial charge in [-0.1, -0.05) is 0 Å². The van der Waals surface area contributed by atoms with E-state index in [9.17, 15) is 4.39 Å². The van der Waals surface area contributed by atoms with Crippen LogP contribution in [-0.4, -0.2) is 32.9 Å². The van der Waals surface area contributed by atoms with Crippen LogP contribution in [0, 0.1) is 12.7 Å². The van der Waals surface area contributed by atoms with E-state index in [0.717, 1.165) is 0 Å². The molecule has 1 aromatic heterocycles. The molecule has 0 atom stereocenters. The summed E-state index contributed by atoms with van der Waals surface area (Å²) in [6.45, 7) is 6.46. The van der Waals surface area contributed by atoms with Gasteiger partial charge in [0, 0.05) is 5.69 Å². The van der Waals surface area contributed by atoms with Gasteiger partial charge in [0.1, 0.15) is 5.82 Å². The fourth-order valence-electron chi connectivity index (χ4n) is 1.88. The molecule has 0 aliphatic carbocycles. The molecule has 0 saturated carbocycles. The Kier molecular flexibility index (Phi) is 4.29. The van der Waals surface area contributed by atoms with Crippen molar-refractivity contribution >= 4 is 5.69 Å². The van der Waals surface area contributed by atoms with Crippen LogP contribution in [0.25, 0.3) is 11.4 Å². The molecule has 0 aliphatic rings. The van der Waals surface area contributed by atoms with Crippen molar-refractivity contribution in [2.75, 3.05) is 12.3 Å². The van der Waals surface area contributed by atoms with Crippen molar-refractivity contribution in [3.63, 3.8) is 0 Å². The topological polar surface area (TPSA) is 78.9 Å². The molecular weight excluding hydrogens is 261 g/mol. The molecule has 2 rings (SSSR count). The number of nitrogen functional groups attached to an aromatic ring is 1. The number of ether oxygens (including phenoxy) is 1. The van der Waals surface area contributed by atoms with Crippen LogP contribution in [-0.2, 0) is 11.3 Å². The van der Waals surface area contributed by atoms with Gasteiger partial charge in [0.2, 0.25) is 0 Å². The standard InChI is InChI=1S/C13H18FN5O/c1-8(2)20-5-4-19-13(16-17-18-19)11-7-10(15)6-9(3)12(11)14/h6-8H,4-5,15H2,1-3H3. The van der Waals surface area contributed by atoms with Crippen LogP contribution in [0.2, 0.25) is 0 Å². The highest BCUT2D eigenvalue weighted by Gasteiger charge is 2.16. The van der Waals surface area contributed by atoms with Crippen LogP contribution in [0.1, 0.15) is 19.4 Å². The summed E-state index contributed by atoms with van der Waals surface area (Å²) in [7, 11) is 0. The minimum atomic E-state index is -0.361. The Morgan fingerprint density at radius 1 is 1.40 bits per heavy atom. The lowest BCUT2D eigenvalue weighted by atomic mass is 10.1. The van der Waals surface area contributed by atoms with Gasteiger partial charge < -0.3 is 10.5 Å². The summed E-state index contributed by atoms with van der Waals surface area (Å²) in [5.74, 6) is -0.00900. The molecule has 2 aromatic rings. The number of hydrogen-bond donors (Lipinski definition) is 1. The molecular formula is C13H18FN5O. The number of anilines is 1. The van der Waals surface area contributed by atoms with Gasteiger partial charge in [-0.3, -0.25) is 0 Å². The zero-order chi connectivity index (χ0) is 14.7. The van der Waals surface area contributed by atoms with Gasteiger partial charge in [-0.15, -0.1) is 5.10 Å². The van der Waals surface area contributed by atoms with Gasteiger partial charge >= 0.3 is 0 Å². The Labute approximate surface area is 116 Å². The first kappa shape index (κ1) is 14.4. The lowest BCUT2D eigenvalue weighted by Crippen LogP contribution is -2.13. The van der Waals surface area contributed by atoms with E-state index in [4.69, 9.17) is 10.5 Å². The van der Waals surface area contributed by atoms with E-state index in [1.807, 2.05) is 13.8 Å². The molecule has 0 bridgehead atoms. The Balaban J connectivity index is 2.28. The molecule has 20 heavy (non-hydrogen) atoms. The molecule has 0 unspecified atom stereocenters. The molecule has 2 N–H and O–H groups in total. The Morgan fingerprint density at radius 2 is 2.15 bits per heavy atom. The Bertz CT molecular complexity index is 596. The van der Waals surface area contributed by atoms with Crippen LogP contribution < -0.4 is 5.73 Å². The summed E-state index contributed by atoms with van der Waals surface area (Å²) in [5, 5.41) is 11.3. The first-order chi connectivity index (χ1) is 9.49. The van der Waals surface area contributed by atoms with Crippen molar-refractivity contribution in [1.29, 1.82) is 0 Å². The Hall–Kier alpha value is -2.02. The largest absolute Gasteiger partial charge is 0.399 e. The predicted octanol–water partition coefficient (Wildman–Crippen LogP) is 1.79. The van der Waals surface area contributed by atoms with Crippen LogP contribution in [0.3, 0.4) is 0 Å². The maximum atomic E-state index is 14.2. The molecule has 0 radical (unpaired) electrons. The van der Waals surface area contributed by atoms with Gasteiger partial charge in [0.05, 0.1) is 24.8 Å². The van der Waals surface area contributed by atoms with Gasteiger partial charge in [-0.25, -0.2) is 9.07 Å². The summed E-state index contributed by atoms with van der Waals surface area (Å²) < 4.78 is 21.1.